The Kier molecular flexibility index (Phi) is 8.61. The molecule has 0 bridgehead atoms. The monoisotopic (exact) mass is 242 g/mol. The molecule has 8 heteroatoms. The van der Waals surface area contributed by atoms with Crippen molar-refractivity contribution in [2.24, 2.45) is 11.5 Å². The lowest BCUT2D eigenvalue weighted by Crippen LogP contribution is -2.29. The first-order valence-electron chi connectivity index (χ1n) is 5.24. The molecule has 0 spiro atoms. The highest BCUT2D eigenvalue weighted by molar-refractivity contribution is 5.72. The molecule has 1 heterocycles. The van der Waals surface area contributed by atoms with Crippen molar-refractivity contribution >= 4 is 5.97 Å². The topological polar surface area (TPSA) is 141 Å². The second-order valence-corrected chi connectivity index (χ2v) is 3.39. The van der Waals surface area contributed by atoms with E-state index in [4.69, 9.17) is 16.6 Å². The molecule has 8 nitrogen and oxygen atoms in total. The summed E-state index contributed by atoms with van der Waals surface area (Å²) in [5, 5.41) is 21.8. The van der Waals surface area contributed by atoms with Crippen LogP contribution >= 0.6 is 0 Å². The van der Waals surface area contributed by atoms with Crippen molar-refractivity contribution in [2.75, 3.05) is 6.54 Å². The van der Waals surface area contributed by atoms with E-state index < -0.39 is 12.0 Å². The van der Waals surface area contributed by atoms with Gasteiger partial charge in [-0.15, -0.1) is 10.2 Å². The summed E-state index contributed by atoms with van der Waals surface area (Å²) in [5.41, 5.74) is 11.2. The molecule has 1 aromatic heterocycles. The number of aryl methyl sites for hydroxylation is 1. The minimum atomic E-state index is -0.933. The molecule has 5 N–H and O–H groups in total. The van der Waals surface area contributed by atoms with E-state index in [9.17, 15) is 4.79 Å². The largest absolute Gasteiger partial charge is 0.480 e. The maximum Gasteiger partial charge on any atom is 0.320 e. The van der Waals surface area contributed by atoms with Gasteiger partial charge >= 0.3 is 5.97 Å². The summed E-state index contributed by atoms with van der Waals surface area (Å²) < 4.78 is 0. The number of aliphatic carboxylic acids is 1. The number of nitrogens with zero attached hydrogens (tertiary/aromatic N) is 4. The molecular weight excluding hydrogens is 224 g/mol. The average molecular weight is 242 g/mol. The van der Waals surface area contributed by atoms with E-state index in [1.807, 2.05) is 6.92 Å². The van der Waals surface area contributed by atoms with Gasteiger partial charge in [0.2, 0.25) is 0 Å². The molecule has 96 valence electrons. The molecule has 17 heavy (non-hydrogen) atoms. The second-order valence-electron chi connectivity index (χ2n) is 3.39. The lowest BCUT2D eigenvalue weighted by Gasteiger charge is -2.03. The molecule has 1 rings (SSSR count). The van der Waals surface area contributed by atoms with Crippen LogP contribution in [0.3, 0.4) is 0 Å². The minimum Gasteiger partial charge on any atom is -0.480 e. The lowest BCUT2D eigenvalue weighted by molar-refractivity contribution is -0.138. The lowest BCUT2D eigenvalue weighted by atomic mass is 10.1. The maximum absolute atomic E-state index is 10.1. The van der Waals surface area contributed by atoms with Crippen molar-refractivity contribution in [2.45, 2.75) is 32.2 Å². The third-order valence-corrected chi connectivity index (χ3v) is 1.83. The van der Waals surface area contributed by atoms with Gasteiger partial charge in [0.05, 0.1) is 11.9 Å². The Hall–Kier alpha value is -1.67. The van der Waals surface area contributed by atoms with E-state index in [2.05, 4.69) is 20.6 Å². The van der Waals surface area contributed by atoms with Gasteiger partial charge in [-0.05, 0) is 36.7 Å². The summed E-state index contributed by atoms with van der Waals surface area (Å²) in [5.74, 6) is -0.933. The Bertz CT molecular complexity index is 308. The van der Waals surface area contributed by atoms with Crippen LogP contribution in [0.4, 0.5) is 0 Å². The number of hydrogen-bond donors (Lipinski definition) is 3. The first-order valence-corrected chi connectivity index (χ1v) is 5.24. The third-order valence-electron chi connectivity index (χ3n) is 1.83. The van der Waals surface area contributed by atoms with E-state index in [0.29, 0.717) is 13.0 Å². The quantitative estimate of drug-likeness (QED) is 0.564. The number of carbonyl (C=O) groups is 1. The molecular formula is C9H18N6O2. The Labute approximate surface area is 99.4 Å². The standard InChI is InChI=1S/C6H14N2O2.C3H4N4/c7-4-2-1-3-5(8)6(9)10;1-3-2-4-6-7-5-3/h5H,1-4,7-8H2,(H,9,10);2H,1H3/t5-;/m0./s1. The van der Waals surface area contributed by atoms with Gasteiger partial charge in [0, 0.05) is 0 Å². The van der Waals surface area contributed by atoms with Crippen molar-refractivity contribution in [3.05, 3.63) is 11.9 Å². The summed E-state index contributed by atoms with van der Waals surface area (Å²) in [6, 6.07) is -0.716. The van der Waals surface area contributed by atoms with Gasteiger partial charge in [-0.1, -0.05) is 6.42 Å². The third kappa shape index (κ3) is 9.27. The Morgan fingerprint density at radius 3 is 2.53 bits per heavy atom. The van der Waals surface area contributed by atoms with Crippen molar-refractivity contribution in [1.29, 1.82) is 0 Å². The summed E-state index contributed by atoms with van der Waals surface area (Å²) in [4.78, 5) is 10.1. The summed E-state index contributed by atoms with van der Waals surface area (Å²) in [6.45, 7) is 2.41. The van der Waals surface area contributed by atoms with Crippen molar-refractivity contribution in [3.63, 3.8) is 0 Å². The zero-order valence-electron chi connectivity index (χ0n) is 9.78. The first kappa shape index (κ1) is 15.3. The van der Waals surface area contributed by atoms with Crippen LogP contribution in [-0.4, -0.2) is 44.3 Å². The summed E-state index contributed by atoms with van der Waals surface area (Å²) in [7, 11) is 0. The molecule has 0 amide bonds. The van der Waals surface area contributed by atoms with Crippen LogP contribution in [-0.2, 0) is 4.79 Å². The molecule has 0 fully saturated rings. The SMILES string of the molecule is Cc1cnnnn1.NCCCC[C@H](N)C(=O)O. The minimum absolute atomic E-state index is 0.520. The Morgan fingerprint density at radius 2 is 2.18 bits per heavy atom. The zero-order chi connectivity index (χ0) is 13.1. The molecule has 0 aliphatic rings. The fourth-order valence-electron chi connectivity index (χ4n) is 0.881. The predicted octanol–water partition coefficient (Wildman–Crippen LogP) is -0.898. The number of hydrogen-bond acceptors (Lipinski definition) is 7. The molecule has 1 aromatic rings. The molecule has 0 aliphatic heterocycles. The summed E-state index contributed by atoms with van der Waals surface area (Å²) in [6.07, 6.45) is 3.71. The van der Waals surface area contributed by atoms with E-state index in [1.54, 1.807) is 6.20 Å². The molecule has 0 saturated carbocycles. The van der Waals surface area contributed by atoms with Gasteiger partial charge < -0.3 is 16.6 Å². The molecule has 1 atom stereocenters. The van der Waals surface area contributed by atoms with Gasteiger partial charge in [0.15, 0.2) is 0 Å². The molecule has 0 unspecified atom stereocenters. The summed E-state index contributed by atoms with van der Waals surface area (Å²) >= 11 is 0. The van der Waals surface area contributed by atoms with Gasteiger partial charge in [-0.25, -0.2) is 0 Å². The smallest absolute Gasteiger partial charge is 0.320 e. The number of rotatable bonds is 5. The highest BCUT2D eigenvalue weighted by atomic mass is 16.4. The zero-order valence-corrected chi connectivity index (χ0v) is 9.78. The molecule has 0 aliphatic carbocycles. The average Bonchev–Trinajstić information content (AvgIpc) is 2.31. The van der Waals surface area contributed by atoms with E-state index in [1.165, 1.54) is 0 Å². The Morgan fingerprint density at radius 1 is 1.47 bits per heavy atom. The van der Waals surface area contributed by atoms with Gasteiger partial charge in [0.25, 0.3) is 0 Å². The Balaban J connectivity index is 0.000000318. The van der Waals surface area contributed by atoms with Crippen LogP contribution in [0.25, 0.3) is 0 Å². The predicted molar refractivity (Wildman–Crippen MR) is 60.9 cm³/mol. The van der Waals surface area contributed by atoms with Crippen LogP contribution < -0.4 is 11.5 Å². The maximum atomic E-state index is 10.1. The van der Waals surface area contributed by atoms with Gasteiger partial charge in [-0.3, -0.25) is 4.79 Å². The first-order chi connectivity index (χ1) is 8.07. The van der Waals surface area contributed by atoms with E-state index in [0.717, 1.165) is 18.5 Å². The highest BCUT2D eigenvalue weighted by Crippen LogP contribution is 1.96. The normalized spacial score (nSPS) is 11.2. The highest BCUT2D eigenvalue weighted by Gasteiger charge is 2.09. The molecule has 0 radical (unpaired) electrons. The number of unbranched alkanes of at least 4 members (excludes halogenated alkanes) is 1. The van der Waals surface area contributed by atoms with Gasteiger partial charge in [0.1, 0.15) is 6.04 Å². The number of aromatic nitrogens is 4. The van der Waals surface area contributed by atoms with Crippen molar-refractivity contribution in [3.8, 4) is 0 Å². The van der Waals surface area contributed by atoms with Crippen LogP contribution in [0.5, 0.6) is 0 Å². The van der Waals surface area contributed by atoms with Crippen LogP contribution in [0.2, 0.25) is 0 Å². The van der Waals surface area contributed by atoms with Crippen LogP contribution in [0.1, 0.15) is 25.0 Å². The fraction of sp³-hybridized carbons (Fsp3) is 0.667. The second kappa shape index (κ2) is 9.55. The van der Waals surface area contributed by atoms with Crippen molar-refractivity contribution < 1.29 is 9.90 Å². The van der Waals surface area contributed by atoms with Crippen molar-refractivity contribution in [1.82, 2.24) is 20.6 Å². The van der Waals surface area contributed by atoms with E-state index >= 15 is 0 Å². The molecule has 0 aromatic carbocycles. The van der Waals surface area contributed by atoms with E-state index in [-0.39, 0.29) is 0 Å². The number of nitrogens with two attached hydrogens (primary N) is 2. The van der Waals surface area contributed by atoms with Crippen LogP contribution in [0, 0.1) is 6.92 Å². The van der Waals surface area contributed by atoms with Crippen LogP contribution in [0.15, 0.2) is 6.20 Å². The fourth-order valence-corrected chi connectivity index (χ4v) is 0.881. The number of carboxylic acid groups (broad SMARTS) is 1. The molecule has 0 saturated heterocycles. The van der Waals surface area contributed by atoms with Gasteiger partial charge in [-0.2, -0.15) is 0 Å². The number of carboxylic acids is 1.